The zero-order valence-corrected chi connectivity index (χ0v) is 19.0. The molecule has 30 heavy (non-hydrogen) atoms. The maximum atomic E-state index is 13.5. The first kappa shape index (κ1) is 21.8. The van der Waals surface area contributed by atoms with Crippen LogP contribution in [0.2, 0.25) is 5.02 Å². The Hall–Kier alpha value is -1.45. The van der Waals surface area contributed by atoms with Crippen LogP contribution in [-0.2, 0) is 21.3 Å². The summed E-state index contributed by atoms with van der Waals surface area (Å²) in [6.45, 7) is 2.62. The molecule has 1 unspecified atom stereocenters. The molecule has 2 aromatic rings. The van der Waals surface area contributed by atoms with Crippen LogP contribution in [-0.4, -0.2) is 55.9 Å². The van der Waals surface area contributed by atoms with Crippen LogP contribution in [0.5, 0.6) is 0 Å². The predicted molar refractivity (Wildman–Crippen MR) is 117 cm³/mol. The maximum absolute atomic E-state index is 13.5. The number of thiophene rings is 1. The molecule has 1 atom stereocenters. The highest BCUT2D eigenvalue weighted by Crippen LogP contribution is 2.27. The fourth-order valence-electron chi connectivity index (χ4n) is 3.92. The molecule has 0 spiro atoms. The molecule has 1 aromatic heterocycles. The van der Waals surface area contributed by atoms with Crippen molar-refractivity contribution in [3.05, 3.63) is 51.2 Å². The van der Waals surface area contributed by atoms with Crippen molar-refractivity contribution in [1.29, 1.82) is 0 Å². The van der Waals surface area contributed by atoms with E-state index >= 15 is 0 Å². The quantitative estimate of drug-likeness (QED) is 0.615. The summed E-state index contributed by atoms with van der Waals surface area (Å²) in [6.07, 6.45) is 3.59. The van der Waals surface area contributed by atoms with Gasteiger partial charge in [-0.2, -0.15) is 4.31 Å². The number of amides is 1. The van der Waals surface area contributed by atoms with E-state index in [-0.39, 0.29) is 27.5 Å². The maximum Gasteiger partial charge on any atom is 0.255 e. The van der Waals surface area contributed by atoms with Gasteiger partial charge in [-0.25, -0.2) is 8.42 Å². The number of hydrogen-bond acceptors (Lipinski definition) is 5. The summed E-state index contributed by atoms with van der Waals surface area (Å²) in [5.41, 5.74) is 0.214. The lowest BCUT2D eigenvalue weighted by Crippen LogP contribution is -2.37. The zero-order valence-electron chi connectivity index (χ0n) is 16.6. The van der Waals surface area contributed by atoms with Gasteiger partial charge in [-0.05, 0) is 55.3 Å². The van der Waals surface area contributed by atoms with Gasteiger partial charge in [-0.1, -0.05) is 17.7 Å². The molecule has 9 heteroatoms. The molecule has 2 saturated heterocycles. The van der Waals surface area contributed by atoms with Gasteiger partial charge in [0.15, 0.2) is 0 Å². The van der Waals surface area contributed by atoms with Gasteiger partial charge >= 0.3 is 0 Å². The van der Waals surface area contributed by atoms with Crippen LogP contribution in [0.15, 0.2) is 40.6 Å². The molecule has 0 saturated carbocycles. The minimum Gasteiger partial charge on any atom is -0.376 e. The van der Waals surface area contributed by atoms with Crippen LogP contribution in [0.25, 0.3) is 0 Å². The van der Waals surface area contributed by atoms with Crippen molar-refractivity contribution in [3.63, 3.8) is 0 Å². The molecule has 2 aliphatic heterocycles. The Morgan fingerprint density at radius 2 is 2.03 bits per heavy atom. The summed E-state index contributed by atoms with van der Waals surface area (Å²) in [6, 6.07) is 8.35. The minimum absolute atomic E-state index is 0.01000. The van der Waals surface area contributed by atoms with Gasteiger partial charge in [0.25, 0.3) is 5.91 Å². The van der Waals surface area contributed by atoms with Crippen LogP contribution in [0.1, 0.15) is 40.9 Å². The topological polar surface area (TPSA) is 66.9 Å². The minimum atomic E-state index is -3.63. The summed E-state index contributed by atoms with van der Waals surface area (Å²) in [7, 11) is -3.63. The highest BCUT2D eigenvalue weighted by atomic mass is 35.5. The lowest BCUT2D eigenvalue weighted by molar-refractivity contribution is 0.0509. The number of ether oxygens (including phenoxy) is 1. The molecule has 0 radical (unpaired) electrons. The van der Waals surface area contributed by atoms with E-state index in [1.54, 1.807) is 16.2 Å². The van der Waals surface area contributed by atoms with Gasteiger partial charge < -0.3 is 9.64 Å². The number of rotatable bonds is 7. The Morgan fingerprint density at radius 1 is 1.23 bits per heavy atom. The van der Waals surface area contributed by atoms with Crippen LogP contribution < -0.4 is 0 Å². The smallest absolute Gasteiger partial charge is 0.255 e. The van der Waals surface area contributed by atoms with Crippen LogP contribution in [0.3, 0.4) is 0 Å². The fraction of sp³-hybridized carbons (Fsp3) is 0.476. The molecule has 0 aliphatic carbocycles. The van der Waals surface area contributed by atoms with Crippen molar-refractivity contribution in [1.82, 2.24) is 9.21 Å². The van der Waals surface area contributed by atoms with Gasteiger partial charge in [-0.3, -0.25) is 4.79 Å². The van der Waals surface area contributed by atoms with E-state index in [0.717, 1.165) is 30.6 Å². The number of halogens is 1. The first-order chi connectivity index (χ1) is 14.4. The first-order valence-electron chi connectivity index (χ1n) is 10.2. The molecule has 6 nitrogen and oxygen atoms in total. The molecule has 0 N–H and O–H groups in total. The lowest BCUT2D eigenvalue weighted by atomic mass is 10.1. The van der Waals surface area contributed by atoms with E-state index in [4.69, 9.17) is 16.3 Å². The molecule has 2 fully saturated rings. The van der Waals surface area contributed by atoms with Crippen LogP contribution >= 0.6 is 22.9 Å². The average molecular weight is 469 g/mol. The van der Waals surface area contributed by atoms with Crippen molar-refractivity contribution in [3.8, 4) is 0 Å². The molecular formula is C21H25ClN2O4S2. The van der Waals surface area contributed by atoms with Crippen molar-refractivity contribution >= 4 is 38.9 Å². The molecule has 2 aliphatic rings. The highest BCUT2D eigenvalue weighted by molar-refractivity contribution is 7.89. The Bertz CT molecular complexity index is 982. The third kappa shape index (κ3) is 4.73. The normalized spacial score (nSPS) is 20.0. The Kier molecular flexibility index (Phi) is 6.79. The molecule has 3 heterocycles. The summed E-state index contributed by atoms with van der Waals surface area (Å²) in [5.74, 6) is -0.276. The van der Waals surface area contributed by atoms with Gasteiger partial charge in [0.05, 0.1) is 28.1 Å². The van der Waals surface area contributed by atoms with Crippen molar-refractivity contribution < 1.29 is 17.9 Å². The SMILES string of the molecule is O=C(c1cc(S(=O)(=O)N2CCCC2)ccc1Cl)N(Cc1cccs1)CC1CCCO1. The van der Waals surface area contributed by atoms with E-state index in [9.17, 15) is 13.2 Å². The van der Waals surface area contributed by atoms with Gasteiger partial charge in [0.1, 0.15) is 0 Å². The molecule has 162 valence electrons. The number of hydrogen-bond donors (Lipinski definition) is 0. The number of carbonyl (C=O) groups excluding carboxylic acids is 1. The van der Waals surface area contributed by atoms with Crippen molar-refractivity contribution in [2.24, 2.45) is 0 Å². The monoisotopic (exact) mass is 468 g/mol. The van der Waals surface area contributed by atoms with Gasteiger partial charge in [0.2, 0.25) is 10.0 Å². The van der Waals surface area contributed by atoms with Crippen molar-refractivity contribution in [2.75, 3.05) is 26.2 Å². The van der Waals surface area contributed by atoms with E-state index in [1.165, 1.54) is 22.5 Å². The average Bonchev–Trinajstić information content (AvgIpc) is 3.50. The van der Waals surface area contributed by atoms with E-state index in [0.29, 0.717) is 32.8 Å². The standard InChI is InChI=1S/C21H25ClN2O4S2/c22-20-8-7-18(30(26,27)24-9-1-2-10-24)13-19(20)21(25)23(14-16-5-3-11-28-16)15-17-6-4-12-29-17/h4,6-8,12-13,16H,1-3,5,9-11,14-15H2. The third-order valence-corrected chi connectivity index (χ3v) is 8.62. The number of sulfonamides is 1. The largest absolute Gasteiger partial charge is 0.376 e. The summed E-state index contributed by atoms with van der Waals surface area (Å²) < 4.78 is 33.1. The molecule has 1 amide bonds. The van der Waals surface area contributed by atoms with Crippen LogP contribution in [0.4, 0.5) is 0 Å². The van der Waals surface area contributed by atoms with Crippen molar-refractivity contribution in [2.45, 2.75) is 43.2 Å². The second kappa shape index (κ2) is 9.36. The van der Waals surface area contributed by atoms with Gasteiger partial charge in [0, 0.05) is 31.1 Å². The number of nitrogens with zero attached hydrogens (tertiary/aromatic N) is 2. The predicted octanol–water partition coefficient (Wildman–Crippen LogP) is 4.01. The molecule has 1 aromatic carbocycles. The summed E-state index contributed by atoms with van der Waals surface area (Å²) >= 11 is 7.94. The lowest BCUT2D eigenvalue weighted by Gasteiger charge is -2.26. The summed E-state index contributed by atoms with van der Waals surface area (Å²) in [4.78, 5) is 16.3. The highest BCUT2D eigenvalue weighted by Gasteiger charge is 2.30. The second-order valence-corrected chi connectivity index (χ2v) is 11.0. The molecule has 0 bridgehead atoms. The number of benzene rings is 1. The molecular weight excluding hydrogens is 444 g/mol. The Balaban J connectivity index is 1.62. The second-order valence-electron chi connectivity index (χ2n) is 7.65. The first-order valence-corrected chi connectivity index (χ1v) is 12.9. The van der Waals surface area contributed by atoms with Crippen LogP contribution in [0, 0.1) is 0 Å². The number of carbonyl (C=O) groups is 1. The zero-order chi connectivity index (χ0) is 21.1. The van der Waals surface area contributed by atoms with Gasteiger partial charge in [-0.15, -0.1) is 11.3 Å². The molecule has 4 rings (SSSR count). The third-order valence-electron chi connectivity index (χ3n) is 5.53. The van der Waals surface area contributed by atoms with E-state index in [1.807, 2.05) is 17.5 Å². The van der Waals surface area contributed by atoms with E-state index in [2.05, 4.69) is 0 Å². The summed E-state index contributed by atoms with van der Waals surface area (Å²) in [5, 5.41) is 2.23. The Morgan fingerprint density at radius 3 is 2.70 bits per heavy atom. The fourth-order valence-corrected chi connectivity index (χ4v) is 6.38. The van der Waals surface area contributed by atoms with E-state index < -0.39 is 10.0 Å². The Labute approximate surface area is 186 Å².